The Morgan fingerprint density at radius 3 is 2.63 bits per heavy atom. The molecule has 1 aromatic heterocycles. The van der Waals surface area contributed by atoms with Crippen molar-refractivity contribution in [2.24, 2.45) is 5.41 Å². The summed E-state index contributed by atoms with van der Waals surface area (Å²) in [5.41, 5.74) is 3.68. The first-order valence-corrected chi connectivity index (χ1v) is 16.4. The van der Waals surface area contributed by atoms with Gasteiger partial charge in [0.05, 0.1) is 31.0 Å². The number of hydrogen-bond donors (Lipinski definition) is 1. The van der Waals surface area contributed by atoms with E-state index in [1.165, 1.54) is 58.0 Å². The number of nitrogens with zero attached hydrogens (tertiary/aromatic N) is 5. The van der Waals surface area contributed by atoms with Gasteiger partial charge >= 0.3 is 6.01 Å². The molecule has 43 heavy (non-hydrogen) atoms. The molecule has 1 unspecified atom stereocenters. The molecule has 1 N–H and O–H groups in total. The number of aromatic nitrogens is 2. The molecule has 8 nitrogen and oxygen atoms in total. The minimum absolute atomic E-state index is 0.0935. The number of amides is 1. The number of likely N-dealkylation sites (tertiary alicyclic amines) is 1. The number of anilines is 1. The zero-order valence-electron chi connectivity index (χ0n) is 25.8. The maximum absolute atomic E-state index is 14.1. The summed E-state index contributed by atoms with van der Waals surface area (Å²) in [7, 11) is 0. The first-order valence-electron chi connectivity index (χ1n) is 16.4. The Hall–Kier alpha value is -3.39. The Bertz CT molecular complexity index is 1510. The van der Waals surface area contributed by atoms with Gasteiger partial charge in [0.2, 0.25) is 0 Å². The molecular weight excluding hydrogens is 538 g/mol. The summed E-state index contributed by atoms with van der Waals surface area (Å²) >= 11 is 0. The van der Waals surface area contributed by atoms with Crippen molar-refractivity contribution in [2.45, 2.75) is 90.8 Å². The van der Waals surface area contributed by atoms with Crippen molar-refractivity contribution in [3.05, 3.63) is 52.7 Å². The third-order valence-electron chi connectivity index (χ3n) is 10.2. The first kappa shape index (κ1) is 28.4. The van der Waals surface area contributed by atoms with E-state index in [1.54, 1.807) is 12.1 Å². The molecule has 1 amide bonds. The van der Waals surface area contributed by atoms with Crippen LogP contribution in [0.2, 0.25) is 0 Å². The Morgan fingerprint density at radius 2 is 1.81 bits per heavy atom. The Morgan fingerprint density at radius 1 is 1.02 bits per heavy atom. The molecule has 228 valence electrons. The summed E-state index contributed by atoms with van der Waals surface area (Å²) in [6, 6.07) is 10.1. The molecule has 4 aliphatic rings. The number of fused-ring (bicyclic) bond motifs is 2. The van der Waals surface area contributed by atoms with Crippen LogP contribution in [0.4, 0.5) is 5.82 Å². The standard InChI is InChI=1S/C35H45N5O3/c1-24-10-9-12-26-18-27(41)19-28(31(24)26)33(42)39-20-29-30(21-39)36-34(37-32(29)40-17-8-3-5-11-25(40)2)43-23-35(13-14-35)22-38-15-6-4-7-16-38/h9-10,12,18-19,25,41H,3-8,11,13-17,20-23H2,1-2H3. The van der Waals surface area contributed by atoms with Crippen LogP contribution in [0.1, 0.15) is 91.9 Å². The molecule has 2 aromatic carbocycles. The lowest BCUT2D eigenvalue weighted by Gasteiger charge is -2.31. The van der Waals surface area contributed by atoms with Crippen molar-refractivity contribution >= 4 is 22.5 Å². The van der Waals surface area contributed by atoms with Crippen LogP contribution in [0, 0.1) is 12.3 Å². The van der Waals surface area contributed by atoms with E-state index in [2.05, 4.69) is 16.7 Å². The lowest BCUT2D eigenvalue weighted by molar-refractivity contribution is 0.0752. The van der Waals surface area contributed by atoms with Crippen molar-refractivity contribution in [3.63, 3.8) is 0 Å². The fourth-order valence-electron chi connectivity index (χ4n) is 7.52. The number of aryl methyl sites for hydroxylation is 1. The number of ether oxygens (including phenoxy) is 1. The van der Waals surface area contributed by atoms with Crippen LogP contribution in [0.25, 0.3) is 10.8 Å². The summed E-state index contributed by atoms with van der Waals surface area (Å²) in [6.45, 7) is 10.3. The summed E-state index contributed by atoms with van der Waals surface area (Å²) < 4.78 is 6.46. The molecular formula is C35H45N5O3. The molecule has 8 heteroatoms. The van der Waals surface area contributed by atoms with E-state index in [4.69, 9.17) is 14.7 Å². The van der Waals surface area contributed by atoms with Crippen LogP contribution < -0.4 is 9.64 Å². The maximum Gasteiger partial charge on any atom is 0.318 e. The van der Waals surface area contributed by atoms with E-state index < -0.39 is 0 Å². The number of rotatable bonds is 7. The molecule has 0 spiro atoms. The zero-order valence-corrected chi connectivity index (χ0v) is 25.8. The van der Waals surface area contributed by atoms with E-state index in [-0.39, 0.29) is 17.1 Å². The topological polar surface area (TPSA) is 82.0 Å². The predicted molar refractivity (Wildman–Crippen MR) is 169 cm³/mol. The third kappa shape index (κ3) is 5.78. The van der Waals surface area contributed by atoms with Crippen LogP contribution in [0.3, 0.4) is 0 Å². The number of phenols is 1. The second kappa shape index (κ2) is 11.6. The van der Waals surface area contributed by atoms with Gasteiger partial charge in [-0.2, -0.15) is 9.97 Å². The van der Waals surface area contributed by atoms with Crippen molar-refractivity contribution in [1.82, 2.24) is 19.8 Å². The average molecular weight is 584 g/mol. The maximum atomic E-state index is 14.1. The van der Waals surface area contributed by atoms with E-state index in [9.17, 15) is 9.90 Å². The average Bonchev–Trinajstić information content (AvgIpc) is 3.69. The molecule has 0 radical (unpaired) electrons. The molecule has 4 heterocycles. The molecule has 2 saturated heterocycles. The first-order chi connectivity index (χ1) is 20.9. The largest absolute Gasteiger partial charge is 0.508 e. The minimum atomic E-state index is -0.0935. The van der Waals surface area contributed by atoms with Crippen molar-refractivity contribution < 1.29 is 14.6 Å². The number of carbonyl (C=O) groups excluding carboxylic acids is 1. The second-order valence-corrected chi connectivity index (χ2v) is 13.6. The lowest BCUT2D eigenvalue weighted by atomic mass is 9.98. The van der Waals surface area contributed by atoms with Crippen molar-refractivity contribution in [3.8, 4) is 11.8 Å². The highest BCUT2D eigenvalue weighted by atomic mass is 16.5. The smallest absolute Gasteiger partial charge is 0.318 e. The van der Waals surface area contributed by atoms with E-state index in [0.717, 1.165) is 59.3 Å². The van der Waals surface area contributed by atoms with Gasteiger partial charge in [-0.25, -0.2) is 0 Å². The van der Waals surface area contributed by atoms with Gasteiger partial charge in [-0.1, -0.05) is 37.5 Å². The van der Waals surface area contributed by atoms with Crippen LogP contribution in [0.5, 0.6) is 11.8 Å². The highest BCUT2D eigenvalue weighted by molar-refractivity contribution is 6.09. The molecule has 1 saturated carbocycles. The summed E-state index contributed by atoms with van der Waals surface area (Å²) in [6.07, 6.45) is 11.1. The van der Waals surface area contributed by atoms with Gasteiger partial charge in [-0.05, 0) is 93.9 Å². The van der Waals surface area contributed by atoms with Crippen LogP contribution >= 0.6 is 0 Å². The summed E-state index contributed by atoms with van der Waals surface area (Å²) in [5, 5.41) is 12.2. The molecule has 7 rings (SSSR count). The van der Waals surface area contributed by atoms with Gasteiger partial charge < -0.3 is 24.5 Å². The normalized spacial score (nSPS) is 22.0. The molecule has 1 aliphatic carbocycles. The molecule has 3 fully saturated rings. The Labute approximate surface area is 255 Å². The second-order valence-electron chi connectivity index (χ2n) is 13.6. The van der Waals surface area contributed by atoms with E-state index in [0.29, 0.717) is 37.3 Å². The number of carbonyl (C=O) groups is 1. The lowest BCUT2D eigenvalue weighted by Crippen LogP contribution is -2.37. The fraction of sp³-hybridized carbons (Fsp3) is 0.571. The number of phenolic OH excluding ortho intramolecular Hbond substituents is 1. The fourth-order valence-corrected chi connectivity index (χ4v) is 7.52. The predicted octanol–water partition coefficient (Wildman–Crippen LogP) is 6.21. The number of piperidine rings is 1. The Kier molecular flexibility index (Phi) is 7.66. The zero-order chi connectivity index (χ0) is 29.6. The number of aromatic hydroxyl groups is 1. The van der Waals surface area contributed by atoms with Gasteiger partial charge in [-0.3, -0.25) is 4.79 Å². The van der Waals surface area contributed by atoms with Crippen molar-refractivity contribution in [1.29, 1.82) is 0 Å². The third-order valence-corrected chi connectivity index (χ3v) is 10.2. The van der Waals surface area contributed by atoms with Crippen LogP contribution in [0.15, 0.2) is 30.3 Å². The van der Waals surface area contributed by atoms with Gasteiger partial charge in [0.15, 0.2) is 0 Å². The van der Waals surface area contributed by atoms with Gasteiger partial charge in [0.25, 0.3) is 5.91 Å². The highest BCUT2D eigenvalue weighted by Crippen LogP contribution is 2.47. The highest BCUT2D eigenvalue weighted by Gasteiger charge is 2.45. The molecule has 3 aliphatic heterocycles. The van der Waals surface area contributed by atoms with Crippen LogP contribution in [-0.2, 0) is 13.1 Å². The number of benzene rings is 2. The SMILES string of the molecule is Cc1cccc2cc(O)cc(C(=O)N3Cc4nc(OCC5(CN6CCCCC6)CC5)nc(N5CCCCCC5C)c4C3)c12. The van der Waals surface area contributed by atoms with E-state index in [1.807, 2.05) is 30.0 Å². The quantitative estimate of drug-likeness (QED) is 0.354. The summed E-state index contributed by atoms with van der Waals surface area (Å²) in [4.78, 5) is 31.0. The van der Waals surface area contributed by atoms with Crippen molar-refractivity contribution in [2.75, 3.05) is 37.7 Å². The monoisotopic (exact) mass is 583 g/mol. The number of hydrogen-bond acceptors (Lipinski definition) is 7. The van der Waals surface area contributed by atoms with Crippen LogP contribution in [-0.4, -0.2) is 69.6 Å². The summed E-state index contributed by atoms with van der Waals surface area (Å²) in [5.74, 6) is 0.942. The van der Waals surface area contributed by atoms with Gasteiger partial charge in [-0.15, -0.1) is 0 Å². The minimum Gasteiger partial charge on any atom is -0.508 e. The Balaban J connectivity index is 1.18. The molecule has 0 bridgehead atoms. The molecule has 1 atom stereocenters. The van der Waals surface area contributed by atoms with E-state index >= 15 is 0 Å². The van der Waals surface area contributed by atoms with Gasteiger partial charge in [0.1, 0.15) is 11.6 Å². The molecule has 3 aromatic rings. The van der Waals surface area contributed by atoms with Gasteiger partial charge in [0, 0.05) is 30.1 Å².